The molecule has 2 rings (SSSR count). The van der Waals surface area contributed by atoms with Gasteiger partial charge in [-0.25, -0.2) is 0 Å². The number of likely N-dealkylation sites (N-methyl/N-ethyl adjacent to an activating group) is 1. The van der Waals surface area contributed by atoms with E-state index in [-0.39, 0.29) is 0 Å². The summed E-state index contributed by atoms with van der Waals surface area (Å²) in [4.78, 5) is 14.0. The molecule has 10 nitrogen and oxygen atoms in total. The molecule has 0 fully saturated rings. The summed E-state index contributed by atoms with van der Waals surface area (Å²) in [5, 5.41) is 10.6. The van der Waals surface area contributed by atoms with E-state index in [4.69, 9.17) is 17.0 Å². The summed E-state index contributed by atoms with van der Waals surface area (Å²) < 4.78 is 6.04. The van der Waals surface area contributed by atoms with E-state index in [1.54, 1.807) is 0 Å². The summed E-state index contributed by atoms with van der Waals surface area (Å²) in [6.07, 6.45) is 29.2. The number of allylic oxidation sites excluding steroid dienone is 12. The molecule has 0 aromatic carbocycles. The van der Waals surface area contributed by atoms with Gasteiger partial charge in [-0.1, -0.05) is 96.2 Å². The first kappa shape index (κ1) is 57.5. The lowest BCUT2D eigenvalue weighted by Crippen LogP contribution is -2.51. The van der Waals surface area contributed by atoms with Gasteiger partial charge in [0.15, 0.2) is 16.6 Å². The second-order valence-corrected chi connectivity index (χ2v) is 13.0. The number of rotatable bonds is 19. The minimum absolute atomic E-state index is 0.421. The van der Waals surface area contributed by atoms with Crippen molar-refractivity contribution in [1.82, 2.24) is 25.8 Å². The molecule has 0 aliphatic carbocycles. The molecule has 324 valence electrons. The second-order valence-electron chi connectivity index (χ2n) is 12.6. The normalized spacial score (nSPS) is 18.7. The average Bonchev–Trinajstić information content (AvgIpc) is 3.47. The standard InChI is InChI=1S/C22H35N3O.C20H32N4S.C2H6.2CH5N/c1-7-12-20-14-15-22(6,18-24-21(20)13-8-2)26-19(5)23-16-11-17-25(9-3)10-4;1-6-10-17-12-13-20(5,16-22-18(17)11-7-2)23-19(25)21-14-15-24(8-3)9-4;3*1-2/h7-8,12-15,18,23H,5,9-11,16-17H2,1-4,6H3;6-7,10-13,16H,8-9,14-15H2,1-5H3,(H2,21,23,25);1-2H3;2*2H2,1H3/b12-7-,13-8-;10-6-,11-7-;;;. The van der Waals surface area contributed by atoms with Crippen molar-refractivity contribution in [3.63, 3.8) is 0 Å². The van der Waals surface area contributed by atoms with Crippen LogP contribution in [0.2, 0.25) is 0 Å². The van der Waals surface area contributed by atoms with Gasteiger partial charge in [-0.05, 0) is 143 Å². The maximum Gasteiger partial charge on any atom is 0.180 e. The van der Waals surface area contributed by atoms with Crippen molar-refractivity contribution < 1.29 is 4.74 Å². The van der Waals surface area contributed by atoms with Crippen molar-refractivity contribution in [2.45, 2.75) is 101 Å². The number of nitrogens with zero attached hydrogens (tertiary/aromatic N) is 4. The van der Waals surface area contributed by atoms with Crippen LogP contribution in [0.1, 0.15) is 89.5 Å². The van der Waals surface area contributed by atoms with E-state index in [2.05, 4.69) is 119 Å². The molecule has 57 heavy (non-hydrogen) atoms. The van der Waals surface area contributed by atoms with Crippen molar-refractivity contribution in [1.29, 1.82) is 0 Å². The van der Waals surface area contributed by atoms with Crippen LogP contribution < -0.4 is 27.4 Å². The average molecular weight is 810 g/mol. The first-order chi connectivity index (χ1) is 27.4. The lowest BCUT2D eigenvalue weighted by molar-refractivity contribution is 0.110. The highest BCUT2D eigenvalue weighted by molar-refractivity contribution is 7.80. The molecular formula is C46H83N9OS. The second kappa shape index (κ2) is 36.5. The highest BCUT2D eigenvalue weighted by Gasteiger charge is 2.24. The van der Waals surface area contributed by atoms with Gasteiger partial charge < -0.3 is 42.0 Å². The van der Waals surface area contributed by atoms with Crippen molar-refractivity contribution >= 4 is 29.8 Å². The van der Waals surface area contributed by atoms with Gasteiger partial charge in [-0.2, -0.15) is 0 Å². The predicted octanol–water partition coefficient (Wildman–Crippen LogP) is 8.38. The number of hydrogen-bond acceptors (Lipinski definition) is 9. The van der Waals surface area contributed by atoms with Crippen LogP contribution in [0.15, 0.2) is 118 Å². The van der Waals surface area contributed by atoms with Gasteiger partial charge >= 0.3 is 0 Å². The van der Waals surface area contributed by atoms with Crippen LogP contribution >= 0.6 is 12.2 Å². The van der Waals surface area contributed by atoms with Crippen molar-refractivity contribution in [2.75, 3.05) is 66.5 Å². The summed E-state index contributed by atoms with van der Waals surface area (Å²) in [5.41, 5.74) is 12.0. The van der Waals surface area contributed by atoms with E-state index >= 15 is 0 Å². The first-order valence-electron chi connectivity index (χ1n) is 20.7. The predicted molar refractivity (Wildman–Crippen MR) is 259 cm³/mol. The van der Waals surface area contributed by atoms with Crippen molar-refractivity contribution in [3.05, 3.63) is 108 Å². The molecule has 2 aliphatic rings. The molecule has 0 spiro atoms. The lowest BCUT2D eigenvalue weighted by atomic mass is 10.0. The lowest BCUT2D eigenvalue weighted by Gasteiger charge is -2.25. The third-order valence-corrected chi connectivity index (χ3v) is 8.52. The van der Waals surface area contributed by atoms with Gasteiger partial charge in [0.05, 0.1) is 23.1 Å². The van der Waals surface area contributed by atoms with E-state index in [1.165, 1.54) is 14.1 Å². The maximum atomic E-state index is 6.04. The Morgan fingerprint density at radius 3 is 1.65 bits per heavy atom. The molecule has 2 unspecified atom stereocenters. The zero-order chi connectivity index (χ0) is 44.1. The molecular weight excluding hydrogens is 727 g/mol. The van der Waals surface area contributed by atoms with E-state index in [0.717, 1.165) is 81.3 Å². The van der Waals surface area contributed by atoms with Crippen LogP contribution in [0.5, 0.6) is 0 Å². The van der Waals surface area contributed by atoms with Gasteiger partial charge in [0, 0.05) is 25.8 Å². The molecule has 2 aliphatic heterocycles. The molecule has 0 aromatic heterocycles. The Labute approximate surface area is 355 Å². The van der Waals surface area contributed by atoms with Crippen LogP contribution in [0, 0.1) is 0 Å². The Morgan fingerprint density at radius 1 is 0.719 bits per heavy atom. The van der Waals surface area contributed by atoms with Gasteiger partial charge in [0.2, 0.25) is 0 Å². The number of hydrogen-bond donors (Lipinski definition) is 5. The quantitative estimate of drug-likeness (QED) is 0.0497. The van der Waals surface area contributed by atoms with Crippen LogP contribution in [-0.2, 0) is 4.74 Å². The zero-order valence-electron chi connectivity index (χ0n) is 38.4. The molecule has 2 heterocycles. The number of aliphatic imine (C=N–C) groups is 2. The highest BCUT2D eigenvalue weighted by Crippen LogP contribution is 2.22. The Bertz CT molecular complexity index is 1330. The molecule has 0 aromatic rings. The third kappa shape index (κ3) is 25.9. The molecule has 0 radical (unpaired) electrons. The zero-order valence-corrected chi connectivity index (χ0v) is 39.2. The number of nitrogens with two attached hydrogens (primary N) is 2. The molecule has 0 saturated heterocycles. The van der Waals surface area contributed by atoms with E-state index in [9.17, 15) is 0 Å². The van der Waals surface area contributed by atoms with Crippen LogP contribution in [0.3, 0.4) is 0 Å². The van der Waals surface area contributed by atoms with E-state index < -0.39 is 11.1 Å². The van der Waals surface area contributed by atoms with E-state index in [1.807, 2.05) is 103 Å². The largest absolute Gasteiger partial charge is 0.464 e. The van der Waals surface area contributed by atoms with Crippen LogP contribution in [0.25, 0.3) is 0 Å². The van der Waals surface area contributed by atoms with Crippen molar-refractivity contribution in [3.8, 4) is 0 Å². The minimum atomic E-state index is -0.626. The summed E-state index contributed by atoms with van der Waals surface area (Å²) in [5.74, 6) is 0.574. The summed E-state index contributed by atoms with van der Waals surface area (Å²) in [6.45, 7) is 36.8. The molecule has 2 atom stereocenters. The Hall–Kier alpha value is -3.87. The van der Waals surface area contributed by atoms with Gasteiger partial charge in [0.1, 0.15) is 0 Å². The Balaban J connectivity index is -0.000000904. The molecule has 0 amide bonds. The number of thiocarbonyl (C=S) groups is 1. The summed E-state index contributed by atoms with van der Waals surface area (Å²) in [7, 11) is 3.00. The third-order valence-electron chi connectivity index (χ3n) is 8.27. The van der Waals surface area contributed by atoms with Crippen LogP contribution in [-0.4, -0.2) is 105 Å². The van der Waals surface area contributed by atoms with Gasteiger partial charge in [-0.15, -0.1) is 0 Å². The topological polar surface area (TPSA) is 129 Å². The minimum Gasteiger partial charge on any atom is -0.464 e. The Kier molecular flexibility index (Phi) is 36.8. The smallest absolute Gasteiger partial charge is 0.180 e. The fraction of sp³-hybridized carbons (Fsp3) is 0.543. The summed E-state index contributed by atoms with van der Waals surface area (Å²) in [6, 6.07) is 0. The van der Waals surface area contributed by atoms with Gasteiger partial charge in [0.25, 0.3) is 0 Å². The maximum absolute atomic E-state index is 6.04. The van der Waals surface area contributed by atoms with Crippen LogP contribution in [0.4, 0.5) is 0 Å². The Morgan fingerprint density at radius 2 is 1.18 bits per heavy atom. The van der Waals surface area contributed by atoms with Crippen molar-refractivity contribution in [2.24, 2.45) is 21.5 Å². The highest BCUT2D eigenvalue weighted by atomic mass is 32.1. The fourth-order valence-corrected chi connectivity index (χ4v) is 5.54. The SMILES string of the molecule is C/C=C\C1=C(/C=C\C)N=CC(C)(NC(=S)NCCN(CC)CC)C=C1.C=C(NCCCN(CC)CC)OC1(C)C=CC(/C=C\C)=C(/C=C\C)N=C1.CC.CN.CN. The molecule has 0 saturated carbocycles. The molecule has 0 bridgehead atoms. The summed E-state index contributed by atoms with van der Waals surface area (Å²) >= 11 is 5.46. The fourth-order valence-electron chi connectivity index (χ4n) is 5.22. The molecule has 7 N–H and O–H groups in total. The monoisotopic (exact) mass is 810 g/mol. The number of nitrogens with one attached hydrogen (secondary N) is 3. The van der Waals surface area contributed by atoms with Gasteiger partial charge in [-0.3, -0.25) is 9.98 Å². The number of ether oxygens (including phenoxy) is 1. The molecule has 11 heteroatoms. The first-order valence-corrected chi connectivity index (χ1v) is 21.1. The van der Waals surface area contributed by atoms with E-state index in [0.29, 0.717) is 11.0 Å².